The summed E-state index contributed by atoms with van der Waals surface area (Å²) in [5, 5.41) is 7.10. The van der Waals surface area contributed by atoms with Crippen LogP contribution in [0.2, 0.25) is 0 Å². The third-order valence-electron chi connectivity index (χ3n) is 4.05. The van der Waals surface area contributed by atoms with Crippen LogP contribution < -0.4 is 10.2 Å². The Hall–Kier alpha value is -1.91. The van der Waals surface area contributed by atoms with Gasteiger partial charge in [0.25, 0.3) is 0 Å². The summed E-state index contributed by atoms with van der Waals surface area (Å²) in [7, 11) is 0. The summed E-state index contributed by atoms with van der Waals surface area (Å²) < 4.78 is 32.1. The molecule has 1 saturated heterocycles. The molecule has 1 aliphatic rings. The Morgan fingerprint density at radius 2 is 2.00 bits per heavy atom. The van der Waals surface area contributed by atoms with E-state index in [1.54, 1.807) is 6.07 Å². The Bertz CT molecular complexity index is 718. The van der Waals surface area contributed by atoms with Gasteiger partial charge in [-0.3, -0.25) is 0 Å². The molecular weight excluding hydrogens is 455 g/mol. The highest BCUT2D eigenvalue weighted by Gasteiger charge is 2.22. The van der Waals surface area contributed by atoms with Crippen molar-refractivity contribution in [2.24, 2.45) is 4.99 Å². The SMILES string of the molecule is CCNC(=NCc1ccon1)N1CCN(c2cc(F)ccc2F)CC1.I. The van der Waals surface area contributed by atoms with Crippen molar-refractivity contribution < 1.29 is 13.3 Å². The van der Waals surface area contributed by atoms with E-state index >= 15 is 0 Å². The Kier molecular flexibility index (Phi) is 7.61. The van der Waals surface area contributed by atoms with Gasteiger partial charge in [-0.15, -0.1) is 24.0 Å². The van der Waals surface area contributed by atoms with Crippen LogP contribution in [0.25, 0.3) is 0 Å². The molecule has 0 aliphatic carbocycles. The summed E-state index contributed by atoms with van der Waals surface area (Å²) in [6, 6.07) is 5.32. The minimum absolute atomic E-state index is 0. The van der Waals surface area contributed by atoms with Gasteiger partial charge in [0.2, 0.25) is 0 Å². The molecule has 26 heavy (non-hydrogen) atoms. The van der Waals surface area contributed by atoms with Gasteiger partial charge in [0.15, 0.2) is 5.96 Å². The van der Waals surface area contributed by atoms with Crippen LogP contribution in [0, 0.1) is 11.6 Å². The molecule has 6 nitrogen and oxygen atoms in total. The Labute approximate surface area is 168 Å². The van der Waals surface area contributed by atoms with Gasteiger partial charge in [-0.1, -0.05) is 5.16 Å². The maximum absolute atomic E-state index is 13.9. The van der Waals surface area contributed by atoms with Gasteiger partial charge in [-0.25, -0.2) is 13.8 Å². The molecular formula is C17H22F2IN5O. The normalized spacial score (nSPS) is 15.0. The van der Waals surface area contributed by atoms with Gasteiger partial charge in [-0.05, 0) is 19.1 Å². The molecule has 1 N–H and O–H groups in total. The van der Waals surface area contributed by atoms with E-state index in [0.717, 1.165) is 24.3 Å². The lowest BCUT2D eigenvalue weighted by molar-refractivity contribution is 0.370. The summed E-state index contributed by atoms with van der Waals surface area (Å²) in [6.45, 7) is 5.70. The van der Waals surface area contributed by atoms with E-state index in [-0.39, 0.29) is 24.0 Å². The largest absolute Gasteiger partial charge is 0.366 e. The molecule has 0 atom stereocenters. The summed E-state index contributed by atoms with van der Waals surface area (Å²) in [4.78, 5) is 8.53. The number of nitrogens with one attached hydrogen (secondary N) is 1. The van der Waals surface area contributed by atoms with Crippen LogP contribution in [0.5, 0.6) is 0 Å². The smallest absolute Gasteiger partial charge is 0.194 e. The summed E-state index contributed by atoms with van der Waals surface area (Å²) in [5.74, 6) is -0.0485. The predicted molar refractivity (Wildman–Crippen MR) is 107 cm³/mol. The summed E-state index contributed by atoms with van der Waals surface area (Å²) in [5.41, 5.74) is 1.07. The minimum Gasteiger partial charge on any atom is -0.366 e. The van der Waals surface area contributed by atoms with Gasteiger partial charge < -0.3 is 19.6 Å². The molecule has 9 heteroatoms. The molecule has 1 aromatic carbocycles. The standard InChI is InChI=1S/C17H21F2N5O.HI/c1-2-20-17(21-12-14-5-10-25-22-14)24-8-6-23(7-9-24)16-11-13(18)3-4-15(16)19;/h3-5,10-11H,2,6-9,12H2,1H3,(H,20,21);1H. The second-order valence-corrected chi connectivity index (χ2v) is 5.73. The number of hydrogen-bond donors (Lipinski definition) is 1. The lowest BCUT2D eigenvalue weighted by Gasteiger charge is -2.37. The van der Waals surface area contributed by atoms with Gasteiger partial charge in [0, 0.05) is 44.9 Å². The Balaban J connectivity index is 0.00000243. The number of anilines is 1. The first-order valence-electron chi connectivity index (χ1n) is 8.30. The number of piperazine rings is 1. The van der Waals surface area contributed by atoms with Crippen molar-refractivity contribution in [3.63, 3.8) is 0 Å². The number of aromatic nitrogens is 1. The second kappa shape index (κ2) is 9.70. The highest BCUT2D eigenvalue weighted by atomic mass is 127. The fourth-order valence-electron chi connectivity index (χ4n) is 2.79. The number of halogens is 3. The fourth-order valence-corrected chi connectivity index (χ4v) is 2.79. The maximum atomic E-state index is 13.9. The first kappa shape index (κ1) is 20.4. The third kappa shape index (κ3) is 5.05. The van der Waals surface area contributed by atoms with Gasteiger partial charge >= 0.3 is 0 Å². The lowest BCUT2D eigenvalue weighted by atomic mass is 10.2. The van der Waals surface area contributed by atoms with Crippen LogP contribution in [-0.2, 0) is 6.54 Å². The molecule has 0 saturated carbocycles. The van der Waals surface area contributed by atoms with Crippen LogP contribution in [-0.4, -0.2) is 48.7 Å². The first-order chi connectivity index (χ1) is 12.2. The molecule has 0 radical (unpaired) electrons. The Morgan fingerprint density at radius 1 is 1.23 bits per heavy atom. The van der Waals surface area contributed by atoms with E-state index in [4.69, 9.17) is 4.52 Å². The number of hydrogen-bond acceptors (Lipinski definition) is 4. The van der Waals surface area contributed by atoms with E-state index in [1.165, 1.54) is 18.4 Å². The van der Waals surface area contributed by atoms with Gasteiger partial charge in [0.1, 0.15) is 23.6 Å². The van der Waals surface area contributed by atoms with E-state index in [0.29, 0.717) is 38.4 Å². The van der Waals surface area contributed by atoms with Crippen molar-refractivity contribution >= 4 is 35.6 Å². The number of guanidine groups is 1. The molecule has 1 fully saturated rings. The quantitative estimate of drug-likeness (QED) is 0.417. The van der Waals surface area contributed by atoms with E-state index < -0.39 is 11.6 Å². The molecule has 2 heterocycles. The molecule has 1 aliphatic heterocycles. The second-order valence-electron chi connectivity index (χ2n) is 5.73. The Morgan fingerprint density at radius 3 is 2.65 bits per heavy atom. The van der Waals surface area contributed by atoms with Gasteiger partial charge in [-0.2, -0.15) is 0 Å². The maximum Gasteiger partial charge on any atom is 0.194 e. The van der Waals surface area contributed by atoms with Crippen LogP contribution >= 0.6 is 24.0 Å². The average Bonchev–Trinajstić information content (AvgIpc) is 3.14. The lowest BCUT2D eigenvalue weighted by Crippen LogP contribution is -2.52. The van der Waals surface area contributed by atoms with Crippen molar-refractivity contribution in [3.05, 3.63) is 47.9 Å². The number of nitrogens with zero attached hydrogens (tertiary/aromatic N) is 4. The van der Waals surface area contributed by atoms with Crippen LogP contribution in [0.1, 0.15) is 12.6 Å². The van der Waals surface area contributed by atoms with Crippen molar-refractivity contribution in [2.45, 2.75) is 13.5 Å². The molecule has 2 aromatic rings. The molecule has 3 rings (SSSR count). The minimum atomic E-state index is -0.429. The zero-order valence-electron chi connectivity index (χ0n) is 14.5. The highest BCUT2D eigenvalue weighted by Crippen LogP contribution is 2.22. The van der Waals surface area contributed by atoms with Crippen molar-refractivity contribution in [2.75, 3.05) is 37.6 Å². The fraction of sp³-hybridized carbons (Fsp3) is 0.412. The van der Waals surface area contributed by atoms with Crippen LogP contribution in [0.4, 0.5) is 14.5 Å². The molecule has 1 aromatic heterocycles. The number of rotatable bonds is 4. The molecule has 0 spiro atoms. The number of benzene rings is 1. The van der Waals surface area contributed by atoms with E-state index in [2.05, 4.69) is 20.4 Å². The molecule has 0 amide bonds. The van der Waals surface area contributed by atoms with Crippen molar-refractivity contribution in [3.8, 4) is 0 Å². The van der Waals surface area contributed by atoms with Crippen LogP contribution in [0.3, 0.4) is 0 Å². The molecule has 142 valence electrons. The van der Waals surface area contributed by atoms with Gasteiger partial charge in [0.05, 0.1) is 12.2 Å². The highest BCUT2D eigenvalue weighted by molar-refractivity contribution is 14.0. The zero-order valence-corrected chi connectivity index (χ0v) is 16.8. The molecule has 0 unspecified atom stereocenters. The predicted octanol–water partition coefficient (Wildman–Crippen LogP) is 2.86. The number of aliphatic imine (C=N–C) groups is 1. The third-order valence-corrected chi connectivity index (χ3v) is 4.05. The van der Waals surface area contributed by atoms with Crippen molar-refractivity contribution in [1.29, 1.82) is 0 Å². The summed E-state index contributed by atoms with van der Waals surface area (Å²) >= 11 is 0. The first-order valence-corrected chi connectivity index (χ1v) is 8.30. The van der Waals surface area contributed by atoms with E-state index in [1.807, 2.05) is 11.8 Å². The topological polar surface area (TPSA) is 56.9 Å². The monoisotopic (exact) mass is 477 g/mol. The zero-order chi connectivity index (χ0) is 17.6. The van der Waals surface area contributed by atoms with E-state index in [9.17, 15) is 8.78 Å². The molecule has 0 bridgehead atoms. The average molecular weight is 477 g/mol. The van der Waals surface area contributed by atoms with Crippen LogP contribution in [0.15, 0.2) is 40.0 Å². The summed E-state index contributed by atoms with van der Waals surface area (Å²) in [6.07, 6.45) is 1.52. The van der Waals surface area contributed by atoms with Crippen molar-refractivity contribution in [1.82, 2.24) is 15.4 Å².